The highest BCUT2D eigenvalue weighted by Crippen LogP contribution is 2.36. The minimum absolute atomic E-state index is 0.157. The van der Waals surface area contributed by atoms with E-state index in [2.05, 4.69) is 10.1 Å². The van der Waals surface area contributed by atoms with E-state index in [9.17, 15) is 18.7 Å². The number of benzene rings is 2. The van der Waals surface area contributed by atoms with Gasteiger partial charge in [0.05, 0.1) is 12.6 Å². The summed E-state index contributed by atoms with van der Waals surface area (Å²) in [6, 6.07) is 8.53. The second-order valence-corrected chi connectivity index (χ2v) is 7.51. The maximum absolute atomic E-state index is 14.7. The summed E-state index contributed by atoms with van der Waals surface area (Å²) in [6.45, 7) is 1.38. The van der Waals surface area contributed by atoms with Crippen molar-refractivity contribution in [1.82, 2.24) is 19.3 Å². The van der Waals surface area contributed by atoms with Crippen LogP contribution < -0.4 is 5.56 Å². The van der Waals surface area contributed by atoms with Gasteiger partial charge >= 0.3 is 0 Å². The first-order chi connectivity index (χ1) is 14.3. The first-order valence-electron chi connectivity index (χ1n) is 9.10. The number of nitrogens with zero attached hydrogens (tertiary/aromatic N) is 4. The third kappa shape index (κ3) is 3.48. The molecule has 0 amide bonds. The monoisotopic (exact) mass is 430 g/mol. The van der Waals surface area contributed by atoms with Gasteiger partial charge in [0.1, 0.15) is 29.9 Å². The van der Waals surface area contributed by atoms with Gasteiger partial charge in [0.2, 0.25) is 0 Å². The molecule has 0 aliphatic rings. The number of hydrogen-bond acceptors (Lipinski definition) is 4. The number of hydrogen-bond donors (Lipinski definition) is 1. The molecule has 30 heavy (non-hydrogen) atoms. The Hall–Kier alpha value is -3.10. The van der Waals surface area contributed by atoms with Crippen LogP contribution in [0.2, 0.25) is 5.02 Å². The molecule has 6 nitrogen and oxygen atoms in total. The molecule has 2 heterocycles. The molecule has 2 aromatic heterocycles. The Bertz CT molecular complexity index is 1280. The Morgan fingerprint density at radius 2 is 2.00 bits per heavy atom. The summed E-state index contributed by atoms with van der Waals surface area (Å²) in [5.41, 5.74) is -2.47. The van der Waals surface area contributed by atoms with E-state index in [-0.39, 0.29) is 17.7 Å². The van der Waals surface area contributed by atoms with Crippen molar-refractivity contribution in [1.29, 1.82) is 0 Å². The van der Waals surface area contributed by atoms with E-state index >= 15 is 0 Å². The maximum Gasteiger partial charge on any atom is 0.258 e. The summed E-state index contributed by atoms with van der Waals surface area (Å²) in [5, 5.41) is 17.2. The van der Waals surface area contributed by atoms with E-state index in [0.717, 1.165) is 6.07 Å². The largest absolute Gasteiger partial charge is 0.381 e. The fraction of sp³-hybridized carbons (Fsp3) is 0.190. The van der Waals surface area contributed by atoms with Crippen LogP contribution in [0.5, 0.6) is 0 Å². The molecule has 4 aromatic rings. The summed E-state index contributed by atoms with van der Waals surface area (Å²) in [6.07, 6.45) is 4.15. The van der Waals surface area contributed by atoms with Gasteiger partial charge in [0.15, 0.2) is 0 Å². The molecule has 0 unspecified atom stereocenters. The van der Waals surface area contributed by atoms with Crippen molar-refractivity contribution >= 4 is 22.4 Å². The molecule has 1 N–H and O–H groups in total. The molecule has 0 fully saturated rings. The zero-order chi connectivity index (χ0) is 21.5. The molecule has 154 valence electrons. The van der Waals surface area contributed by atoms with Crippen LogP contribution in [-0.4, -0.2) is 24.4 Å². The van der Waals surface area contributed by atoms with Gasteiger partial charge in [-0.15, -0.1) is 0 Å². The van der Waals surface area contributed by atoms with Crippen LogP contribution in [0.3, 0.4) is 0 Å². The highest BCUT2D eigenvalue weighted by molar-refractivity contribution is 6.31. The summed E-state index contributed by atoms with van der Waals surface area (Å²) >= 11 is 6.00. The molecule has 0 bridgehead atoms. The minimum Gasteiger partial charge on any atom is -0.381 e. The molecular weight excluding hydrogens is 414 g/mol. The normalized spacial score (nSPS) is 14.6. The fourth-order valence-electron chi connectivity index (χ4n) is 3.61. The summed E-state index contributed by atoms with van der Waals surface area (Å²) in [7, 11) is 0. The van der Waals surface area contributed by atoms with Crippen molar-refractivity contribution in [2.75, 3.05) is 0 Å². The van der Waals surface area contributed by atoms with Crippen LogP contribution in [-0.2, 0) is 12.1 Å². The molecule has 0 aliphatic heterocycles. The predicted molar refractivity (Wildman–Crippen MR) is 108 cm³/mol. The lowest BCUT2D eigenvalue weighted by atomic mass is 9.86. The second-order valence-electron chi connectivity index (χ2n) is 7.08. The van der Waals surface area contributed by atoms with Gasteiger partial charge in [-0.05, 0) is 42.6 Å². The van der Waals surface area contributed by atoms with Gasteiger partial charge in [-0.2, -0.15) is 5.10 Å². The van der Waals surface area contributed by atoms with Gasteiger partial charge in [-0.1, -0.05) is 17.7 Å². The summed E-state index contributed by atoms with van der Waals surface area (Å²) in [4.78, 5) is 17.0. The number of rotatable bonds is 5. The standard InChI is InChI=1S/C21H17ClF2N4O2/c1-13(28-7-6-14-8-15(22)2-4-17(14)20(28)29)21(30,10-27-12-25-11-26-27)18-5-3-16(23)9-19(18)24/h2-9,11-13,30H,10H2,1H3/t13-,21-/m1/s1. The van der Waals surface area contributed by atoms with E-state index in [0.29, 0.717) is 21.9 Å². The molecular formula is C21H17ClF2N4O2. The van der Waals surface area contributed by atoms with E-state index in [1.165, 1.54) is 34.2 Å². The van der Waals surface area contributed by atoms with Gasteiger partial charge in [-0.25, -0.2) is 18.4 Å². The van der Waals surface area contributed by atoms with Gasteiger partial charge in [0, 0.05) is 28.2 Å². The number of aliphatic hydroxyl groups is 1. The molecule has 0 spiro atoms. The molecule has 0 radical (unpaired) electrons. The van der Waals surface area contributed by atoms with Crippen molar-refractivity contribution in [3.8, 4) is 0 Å². The van der Waals surface area contributed by atoms with E-state index in [4.69, 9.17) is 11.6 Å². The van der Waals surface area contributed by atoms with Crippen LogP contribution in [0, 0.1) is 11.6 Å². The lowest BCUT2D eigenvalue weighted by Gasteiger charge is -2.35. The Morgan fingerprint density at radius 1 is 1.20 bits per heavy atom. The SMILES string of the molecule is C[C@@H](n1ccc2cc(Cl)ccc2c1=O)[C@](O)(Cn1cncn1)c1ccc(F)cc1F. The van der Waals surface area contributed by atoms with Crippen LogP contribution >= 0.6 is 11.6 Å². The average molecular weight is 431 g/mol. The highest BCUT2D eigenvalue weighted by atomic mass is 35.5. The predicted octanol–water partition coefficient (Wildman–Crippen LogP) is 3.67. The third-order valence-electron chi connectivity index (χ3n) is 5.27. The first-order valence-corrected chi connectivity index (χ1v) is 9.48. The van der Waals surface area contributed by atoms with Crippen molar-refractivity contribution < 1.29 is 13.9 Å². The van der Waals surface area contributed by atoms with Crippen LogP contribution in [0.25, 0.3) is 10.8 Å². The van der Waals surface area contributed by atoms with Gasteiger partial charge < -0.3 is 9.67 Å². The fourth-order valence-corrected chi connectivity index (χ4v) is 3.79. The van der Waals surface area contributed by atoms with E-state index in [1.54, 1.807) is 31.2 Å². The van der Waals surface area contributed by atoms with Crippen LogP contribution in [0.4, 0.5) is 8.78 Å². The van der Waals surface area contributed by atoms with Crippen molar-refractivity contribution in [2.24, 2.45) is 0 Å². The average Bonchev–Trinajstić information content (AvgIpc) is 3.20. The topological polar surface area (TPSA) is 72.9 Å². The van der Waals surface area contributed by atoms with Crippen LogP contribution in [0.15, 0.2) is 66.1 Å². The highest BCUT2D eigenvalue weighted by Gasteiger charge is 2.40. The third-order valence-corrected chi connectivity index (χ3v) is 5.50. The summed E-state index contributed by atoms with van der Waals surface area (Å²) in [5.74, 6) is -1.70. The number of halogens is 3. The Balaban J connectivity index is 1.88. The Morgan fingerprint density at radius 3 is 2.70 bits per heavy atom. The molecule has 0 saturated heterocycles. The molecule has 0 aliphatic carbocycles. The zero-order valence-electron chi connectivity index (χ0n) is 15.8. The maximum atomic E-state index is 14.7. The summed E-state index contributed by atoms with van der Waals surface area (Å²) < 4.78 is 30.8. The smallest absolute Gasteiger partial charge is 0.258 e. The molecule has 0 saturated carbocycles. The van der Waals surface area contributed by atoms with Gasteiger partial charge in [-0.3, -0.25) is 4.79 Å². The van der Waals surface area contributed by atoms with E-state index in [1.807, 2.05) is 0 Å². The molecule has 2 aromatic carbocycles. The quantitative estimate of drug-likeness (QED) is 0.524. The van der Waals surface area contributed by atoms with Crippen molar-refractivity contribution in [2.45, 2.75) is 25.1 Å². The number of aromatic nitrogens is 4. The van der Waals surface area contributed by atoms with Gasteiger partial charge in [0.25, 0.3) is 5.56 Å². The Kier molecular flexibility index (Phi) is 5.13. The van der Waals surface area contributed by atoms with Crippen molar-refractivity contribution in [3.63, 3.8) is 0 Å². The molecule has 9 heteroatoms. The first kappa shape index (κ1) is 20.2. The van der Waals surface area contributed by atoms with Crippen LogP contribution in [0.1, 0.15) is 18.5 Å². The van der Waals surface area contributed by atoms with Crippen molar-refractivity contribution in [3.05, 3.63) is 93.9 Å². The zero-order valence-corrected chi connectivity index (χ0v) is 16.6. The lowest BCUT2D eigenvalue weighted by molar-refractivity contribution is -0.0340. The lowest BCUT2D eigenvalue weighted by Crippen LogP contribution is -2.43. The van der Waals surface area contributed by atoms with E-state index < -0.39 is 23.3 Å². The number of fused-ring (bicyclic) bond motifs is 1. The minimum atomic E-state index is -1.94. The Labute approximate surface area is 175 Å². The molecule has 4 rings (SSSR count). The molecule has 2 atom stereocenters. The second kappa shape index (κ2) is 7.62. The number of pyridine rings is 1.